The van der Waals surface area contributed by atoms with E-state index in [0.717, 1.165) is 29.0 Å². The van der Waals surface area contributed by atoms with Gasteiger partial charge in [0.2, 0.25) is 0 Å². The molecule has 4 rings (SSSR count). The first-order valence-electron chi connectivity index (χ1n) is 7.51. The Morgan fingerprint density at radius 1 is 0.955 bits per heavy atom. The van der Waals surface area contributed by atoms with E-state index in [1.54, 1.807) is 0 Å². The molecule has 0 aliphatic carbocycles. The minimum absolute atomic E-state index is 0.0690. The quantitative estimate of drug-likeness (QED) is 0.894. The van der Waals surface area contributed by atoms with Crippen LogP contribution in [-0.4, -0.2) is 11.7 Å². The molecule has 2 heterocycles. The van der Waals surface area contributed by atoms with Gasteiger partial charge in [0.1, 0.15) is 5.76 Å². The van der Waals surface area contributed by atoms with Crippen molar-refractivity contribution in [2.24, 2.45) is 0 Å². The van der Waals surface area contributed by atoms with Crippen molar-refractivity contribution in [3.8, 4) is 0 Å². The summed E-state index contributed by atoms with van der Waals surface area (Å²) in [6.07, 6.45) is 2.85. The van der Waals surface area contributed by atoms with Gasteiger partial charge in [-0.3, -0.25) is 0 Å². The molecule has 1 atom stereocenters. The second kappa shape index (κ2) is 5.26. The van der Waals surface area contributed by atoms with Gasteiger partial charge in [-0.15, -0.1) is 0 Å². The molecule has 110 valence electrons. The van der Waals surface area contributed by atoms with Crippen LogP contribution in [0.3, 0.4) is 0 Å². The zero-order chi connectivity index (χ0) is 14.9. The van der Waals surface area contributed by atoms with Gasteiger partial charge in [0, 0.05) is 12.1 Å². The molecule has 22 heavy (non-hydrogen) atoms. The Bertz CT molecular complexity index is 735. The van der Waals surface area contributed by atoms with Gasteiger partial charge in [0.25, 0.3) is 0 Å². The summed E-state index contributed by atoms with van der Waals surface area (Å²) in [6.45, 7) is 0.634. The number of aliphatic hydroxyl groups excluding tert-OH is 1. The third kappa shape index (κ3) is 2.06. The number of hydrogen-bond acceptors (Lipinski definition) is 3. The lowest BCUT2D eigenvalue weighted by Crippen LogP contribution is -2.30. The van der Waals surface area contributed by atoms with E-state index in [9.17, 15) is 5.11 Å². The van der Waals surface area contributed by atoms with Crippen molar-refractivity contribution in [1.29, 1.82) is 0 Å². The Balaban J connectivity index is 1.86. The largest absolute Gasteiger partial charge is 0.494 e. The molecule has 3 heteroatoms. The van der Waals surface area contributed by atoms with Crippen molar-refractivity contribution in [3.63, 3.8) is 0 Å². The lowest BCUT2D eigenvalue weighted by atomic mass is 9.98. The summed E-state index contributed by atoms with van der Waals surface area (Å²) in [7, 11) is 0. The van der Waals surface area contributed by atoms with E-state index in [4.69, 9.17) is 4.74 Å². The maximum atomic E-state index is 10.8. The van der Waals surface area contributed by atoms with Crippen molar-refractivity contribution in [1.82, 2.24) is 0 Å². The molecule has 1 unspecified atom stereocenters. The van der Waals surface area contributed by atoms with Crippen LogP contribution in [0.5, 0.6) is 0 Å². The summed E-state index contributed by atoms with van der Waals surface area (Å²) in [5.74, 6) is 1.12. The lowest BCUT2D eigenvalue weighted by molar-refractivity contribution is 0.260. The number of benzene rings is 2. The van der Waals surface area contributed by atoms with Crippen molar-refractivity contribution in [2.45, 2.75) is 12.5 Å². The molecule has 0 spiro atoms. The van der Waals surface area contributed by atoms with Gasteiger partial charge in [-0.05, 0) is 23.8 Å². The monoisotopic (exact) mass is 291 g/mol. The molecule has 2 aliphatic rings. The first-order valence-corrected chi connectivity index (χ1v) is 7.51. The van der Waals surface area contributed by atoms with E-state index in [-0.39, 0.29) is 6.04 Å². The highest BCUT2D eigenvalue weighted by Gasteiger charge is 2.34. The van der Waals surface area contributed by atoms with Crippen LogP contribution >= 0.6 is 0 Å². The normalized spacial score (nSPS) is 20.5. The lowest BCUT2D eigenvalue weighted by Gasteiger charge is -2.35. The number of rotatable bonds is 2. The van der Waals surface area contributed by atoms with E-state index < -0.39 is 0 Å². The predicted molar refractivity (Wildman–Crippen MR) is 86.4 cm³/mol. The van der Waals surface area contributed by atoms with E-state index in [1.165, 1.54) is 0 Å². The van der Waals surface area contributed by atoms with E-state index in [0.29, 0.717) is 12.5 Å². The van der Waals surface area contributed by atoms with Crippen LogP contribution in [0.1, 0.15) is 18.0 Å². The van der Waals surface area contributed by atoms with Crippen molar-refractivity contribution in [2.75, 3.05) is 11.5 Å². The summed E-state index contributed by atoms with van der Waals surface area (Å²) in [5.41, 5.74) is 3.00. The number of hydrogen-bond donors (Lipinski definition) is 1. The molecular formula is C19H17NO2. The summed E-state index contributed by atoms with van der Waals surface area (Å²) in [4.78, 5) is 1.98. The van der Waals surface area contributed by atoms with Crippen molar-refractivity contribution >= 4 is 5.69 Å². The minimum Gasteiger partial charge on any atom is -0.494 e. The van der Waals surface area contributed by atoms with E-state index in [2.05, 4.69) is 18.2 Å². The second-order valence-corrected chi connectivity index (χ2v) is 5.49. The van der Waals surface area contributed by atoms with Crippen LogP contribution in [0.4, 0.5) is 5.69 Å². The highest BCUT2D eigenvalue weighted by molar-refractivity contribution is 5.59. The summed E-state index contributed by atoms with van der Waals surface area (Å²) >= 11 is 0. The second-order valence-electron chi connectivity index (χ2n) is 5.49. The molecule has 2 aromatic carbocycles. The fraction of sp³-hybridized carbons (Fsp3) is 0.158. The zero-order valence-corrected chi connectivity index (χ0v) is 12.1. The van der Waals surface area contributed by atoms with Gasteiger partial charge in [-0.1, -0.05) is 48.5 Å². The Morgan fingerprint density at radius 3 is 2.36 bits per heavy atom. The Hall–Kier alpha value is -2.68. The molecule has 2 aliphatic heterocycles. The molecule has 0 amide bonds. The molecule has 0 saturated carbocycles. The smallest absolute Gasteiger partial charge is 0.199 e. The molecule has 2 aromatic rings. The fourth-order valence-electron chi connectivity index (χ4n) is 3.11. The molecule has 0 bridgehead atoms. The molecule has 0 aromatic heterocycles. The van der Waals surface area contributed by atoms with Gasteiger partial charge < -0.3 is 14.7 Å². The molecule has 1 N–H and O–H groups in total. The van der Waals surface area contributed by atoms with Crippen LogP contribution in [0, 0.1) is 0 Å². The van der Waals surface area contributed by atoms with Crippen LogP contribution in [0.2, 0.25) is 0 Å². The van der Waals surface area contributed by atoms with Gasteiger partial charge in [-0.2, -0.15) is 0 Å². The zero-order valence-electron chi connectivity index (χ0n) is 12.1. The maximum Gasteiger partial charge on any atom is 0.199 e. The molecular weight excluding hydrogens is 274 g/mol. The third-order valence-corrected chi connectivity index (χ3v) is 4.17. The average molecular weight is 291 g/mol. The summed E-state index contributed by atoms with van der Waals surface area (Å²) < 4.78 is 5.68. The van der Waals surface area contributed by atoms with Crippen LogP contribution < -0.4 is 4.90 Å². The number of ether oxygens (including phenoxy) is 1. The van der Waals surface area contributed by atoms with Crippen molar-refractivity contribution < 1.29 is 9.84 Å². The Morgan fingerprint density at radius 2 is 1.64 bits per heavy atom. The third-order valence-electron chi connectivity index (χ3n) is 4.17. The molecule has 0 radical (unpaired) electrons. The molecule has 1 saturated heterocycles. The van der Waals surface area contributed by atoms with E-state index >= 15 is 0 Å². The maximum absolute atomic E-state index is 10.8. The van der Waals surface area contributed by atoms with Crippen LogP contribution in [0.15, 0.2) is 84.0 Å². The highest BCUT2D eigenvalue weighted by atomic mass is 16.5. The van der Waals surface area contributed by atoms with Crippen LogP contribution in [-0.2, 0) is 4.74 Å². The predicted octanol–water partition coefficient (Wildman–Crippen LogP) is 4.32. The van der Waals surface area contributed by atoms with Crippen molar-refractivity contribution in [3.05, 3.63) is 89.5 Å². The number of aliphatic hydroxyl groups is 1. The fourth-order valence-corrected chi connectivity index (χ4v) is 3.11. The number of anilines is 1. The van der Waals surface area contributed by atoms with E-state index in [1.807, 2.05) is 53.4 Å². The SMILES string of the molecule is OC1=C2CCOC2=CC(c2ccccc2)N1c1ccccc1. The Kier molecular flexibility index (Phi) is 3.11. The summed E-state index contributed by atoms with van der Waals surface area (Å²) in [6, 6.07) is 20.1. The average Bonchev–Trinajstić information content (AvgIpc) is 3.05. The minimum atomic E-state index is -0.0690. The van der Waals surface area contributed by atoms with Gasteiger partial charge in [-0.25, -0.2) is 0 Å². The number of fused-ring (bicyclic) bond motifs is 1. The summed E-state index contributed by atoms with van der Waals surface area (Å²) in [5, 5.41) is 10.8. The molecule has 3 nitrogen and oxygen atoms in total. The highest BCUT2D eigenvalue weighted by Crippen LogP contribution is 2.41. The number of para-hydroxylation sites is 1. The topological polar surface area (TPSA) is 32.7 Å². The van der Waals surface area contributed by atoms with Crippen LogP contribution in [0.25, 0.3) is 0 Å². The standard InChI is InChI=1S/C19H17NO2/c21-19-16-11-12-22-18(16)13-17(14-7-3-1-4-8-14)20(19)15-9-5-2-6-10-15/h1-10,13,17,21H,11-12H2. The number of allylic oxidation sites excluding steroid dienone is 1. The van der Waals surface area contributed by atoms with Gasteiger partial charge >= 0.3 is 0 Å². The van der Waals surface area contributed by atoms with Gasteiger partial charge in [0.15, 0.2) is 5.88 Å². The first-order chi connectivity index (χ1) is 10.8. The molecule has 1 fully saturated rings. The van der Waals surface area contributed by atoms with Gasteiger partial charge in [0.05, 0.1) is 18.2 Å². The Labute approximate surface area is 129 Å². The first kappa shape index (κ1) is 13.0. The number of nitrogens with zero attached hydrogens (tertiary/aromatic N) is 1.